The maximum atomic E-state index is 15.7. The van der Waals surface area contributed by atoms with Crippen molar-refractivity contribution < 1.29 is 41.2 Å². The Bertz CT molecular complexity index is 1820. The van der Waals surface area contributed by atoms with Crippen LogP contribution in [0, 0.1) is 11.6 Å². The number of aromatic nitrogens is 2. The van der Waals surface area contributed by atoms with E-state index in [9.17, 15) is 18.1 Å². The van der Waals surface area contributed by atoms with E-state index >= 15 is 8.78 Å². The molecular formula is C27H25Cl2F2N2O7PS. The fraction of sp³-hybridized carbons (Fsp3) is 0.222. The molecule has 224 valence electrons. The minimum atomic E-state index is -5.02. The molecule has 3 N–H and O–H groups in total. The van der Waals surface area contributed by atoms with Crippen LogP contribution in [-0.4, -0.2) is 39.1 Å². The van der Waals surface area contributed by atoms with Crippen molar-refractivity contribution in [3.8, 4) is 16.8 Å². The molecule has 0 aliphatic heterocycles. The smallest absolute Gasteiger partial charge is 0.384 e. The Kier molecular flexibility index (Phi) is 9.05. The number of rotatable bonds is 9. The maximum Gasteiger partial charge on any atom is 0.469 e. The monoisotopic (exact) mass is 660 g/mol. The van der Waals surface area contributed by atoms with Gasteiger partial charge in [-0.15, -0.1) is 0 Å². The van der Waals surface area contributed by atoms with E-state index < -0.39 is 52.0 Å². The second-order valence-corrected chi connectivity index (χ2v) is 14.0. The maximum absolute atomic E-state index is 15.7. The summed E-state index contributed by atoms with van der Waals surface area (Å²) in [6, 6.07) is 10.8. The van der Waals surface area contributed by atoms with Crippen molar-refractivity contribution in [1.29, 1.82) is 0 Å². The average molecular weight is 661 g/mol. The van der Waals surface area contributed by atoms with Gasteiger partial charge in [0.2, 0.25) is 0 Å². The molecule has 9 nitrogen and oxygen atoms in total. The highest BCUT2D eigenvalue weighted by Crippen LogP contribution is 2.39. The molecule has 0 amide bonds. The van der Waals surface area contributed by atoms with Gasteiger partial charge in [-0.3, -0.25) is 4.52 Å². The van der Waals surface area contributed by atoms with Crippen molar-refractivity contribution in [3.63, 3.8) is 0 Å². The molecule has 0 unspecified atom stereocenters. The summed E-state index contributed by atoms with van der Waals surface area (Å²) < 4.78 is 72.4. The van der Waals surface area contributed by atoms with Gasteiger partial charge in [-0.25, -0.2) is 26.7 Å². The third-order valence-corrected chi connectivity index (χ3v) is 8.61. The Balaban J connectivity index is 1.81. The summed E-state index contributed by atoms with van der Waals surface area (Å²) in [5.41, 5.74) is -1.04. The predicted molar refractivity (Wildman–Crippen MR) is 153 cm³/mol. The van der Waals surface area contributed by atoms with Gasteiger partial charge in [-0.2, -0.15) is 0 Å². The van der Waals surface area contributed by atoms with E-state index in [0.717, 1.165) is 24.5 Å². The van der Waals surface area contributed by atoms with Gasteiger partial charge in [0.25, 0.3) is 0 Å². The molecule has 0 fully saturated rings. The first-order chi connectivity index (χ1) is 19.3. The van der Waals surface area contributed by atoms with Crippen molar-refractivity contribution in [2.75, 3.05) is 6.26 Å². The van der Waals surface area contributed by atoms with E-state index in [4.69, 9.17) is 33.0 Å². The van der Waals surface area contributed by atoms with Crippen molar-refractivity contribution in [1.82, 2.24) is 9.55 Å². The van der Waals surface area contributed by atoms with Crippen LogP contribution in [0.3, 0.4) is 0 Å². The van der Waals surface area contributed by atoms with Gasteiger partial charge in [-0.05, 0) is 66.9 Å². The number of benzene rings is 3. The number of aliphatic hydroxyl groups is 1. The Morgan fingerprint density at radius 3 is 2.17 bits per heavy atom. The van der Waals surface area contributed by atoms with Crippen LogP contribution in [0.1, 0.15) is 36.5 Å². The zero-order valence-electron chi connectivity index (χ0n) is 22.3. The Hall–Kier alpha value is -2.67. The number of halogens is 4. The highest BCUT2D eigenvalue weighted by Gasteiger charge is 2.26. The molecule has 0 aliphatic carbocycles. The molecule has 0 bridgehead atoms. The molecule has 1 aromatic heterocycles. The zero-order valence-corrected chi connectivity index (χ0v) is 25.6. The van der Waals surface area contributed by atoms with E-state index in [1.807, 2.05) is 0 Å². The van der Waals surface area contributed by atoms with Gasteiger partial charge in [0, 0.05) is 34.5 Å². The summed E-state index contributed by atoms with van der Waals surface area (Å²) in [4.78, 5) is 21.9. The lowest BCUT2D eigenvalue weighted by Gasteiger charge is -2.15. The number of phosphoric acid groups is 1. The predicted octanol–water partition coefficient (Wildman–Crippen LogP) is 5.96. The first-order valence-corrected chi connectivity index (χ1v) is 16.3. The zero-order chi connectivity index (χ0) is 31.2. The lowest BCUT2D eigenvalue weighted by Crippen LogP contribution is -2.16. The van der Waals surface area contributed by atoms with Crippen LogP contribution in [-0.2, 0) is 37.6 Å². The van der Waals surface area contributed by atoms with Crippen LogP contribution in [0.25, 0.3) is 16.8 Å². The third-order valence-electron chi connectivity index (χ3n) is 6.27. The van der Waals surface area contributed by atoms with Gasteiger partial charge < -0.3 is 19.5 Å². The molecule has 4 rings (SSSR count). The van der Waals surface area contributed by atoms with Gasteiger partial charge >= 0.3 is 7.82 Å². The topological polar surface area (TPSA) is 139 Å². The van der Waals surface area contributed by atoms with Gasteiger partial charge in [0.05, 0.1) is 22.9 Å². The molecule has 0 saturated heterocycles. The van der Waals surface area contributed by atoms with E-state index in [1.54, 1.807) is 18.2 Å². The SMILES string of the molecule is CC(C)(O)c1cn(-c2ccc(-c3cc(F)c(COP(=O)(O)O)c(S(C)(=O)=O)c3)cc2F)c(Cc2c(Cl)cccc2Cl)n1. The molecule has 0 atom stereocenters. The lowest BCUT2D eigenvalue weighted by atomic mass is 10.0. The number of sulfone groups is 1. The van der Waals surface area contributed by atoms with Crippen LogP contribution >= 0.6 is 31.0 Å². The Labute approximate surface area is 250 Å². The summed E-state index contributed by atoms with van der Waals surface area (Å²) in [6.45, 7) is 2.04. The highest BCUT2D eigenvalue weighted by atomic mass is 35.5. The molecule has 0 aliphatic rings. The van der Waals surface area contributed by atoms with E-state index in [1.165, 1.54) is 36.7 Å². The molecule has 0 saturated carbocycles. The minimum absolute atomic E-state index is 0.0100. The lowest BCUT2D eigenvalue weighted by molar-refractivity contribution is 0.0741. The van der Waals surface area contributed by atoms with Crippen molar-refractivity contribution in [2.24, 2.45) is 0 Å². The second kappa shape index (κ2) is 11.8. The molecule has 1 heterocycles. The van der Waals surface area contributed by atoms with Crippen LogP contribution in [0.5, 0.6) is 0 Å². The minimum Gasteiger partial charge on any atom is -0.384 e. The molecule has 3 aromatic carbocycles. The number of imidazole rings is 1. The van der Waals surface area contributed by atoms with Crippen LogP contribution < -0.4 is 0 Å². The van der Waals surface area contributed by atoms with E-state index in [0.29, 0.717) is 21.4 Å². The first-order valence-electron chi connectivity index (χ1n) is 12.1. The van der Waals surface area contributed by atoms with Crippen LogP contribution in [0.15, 0.2) is 59.6 Å². The van der Waals surface area contributed by atoms with Gasteiger partial charge in [0.1, 0.15) is 23.1 Å². The Morgan fingerprint density at radius 2 is 1.62 bits per heavy atom. The van der Waals surface area contributed by atoms with E-state index in [-0.39, 0.29) is 28.9 Å². The Morgan fingerprint density at radius 1 is 1.00 bits per heavy atom. The number of nitrogens with zero attached hydrogens (tertiary/aromatic N) is 2. The quantitative estimate of drug-likeness (QED) is 0.187. The summed E-state index contributed by atoms with van der Waals surface area (Å²) >= 11 is 12.7. The van der Waals surface area contributed by atoms with Crippen LogP contribution in [0.4, 0.5) is 8.78 Å². The van der Waals surface area contributed by atoms with Gasteiger partial charge in [-0.1, -0.05) is 35.3 Å². The summed E-state index contributed by atoms with van der Waals surface area (Å²) in [6.07, 6.45) is 2.36. The van der Waals surface area contributed by atoms with Crippen molar-refractivity contribution >= 4 is 40.9 Å². The number of hydrogen-bond acceptors (Lipinski definition) is 6. The largest absolute Gasteiger partial charge is 0.469 e. The second-order valence-electron chi connectivity index (χ2n) is 9.99. The van der Waals surface area contributed by atoms with E-state index in [2.05, 4.69) is 9.51 Å². The van der Waals surface area contributed by atoms with Crippen molar-refractivity contribution in [2.45, 2.75) is 37.4 Å². The average Bonchev–Trinajstić information content (AvgIpc) is 3.28. The highest BCUT2D eigenvalue weighted by molar-refractivity contribution is 7.90. The van der Waals surface area contributed by atoms with Crippen molar-refractivity contribution in [3.05, 3.63) is 99.1 Å². The molecule has 4 aromatic rings. The fourth-order valence-electron chi connectivity index (χ4n) is 4.19. The molecular weight excluding hydrogens is 636 g/mol. The summed E-state index contributed by atoms with van der Waals surface area (Å²) in [7, 11) is -9.12. The summed E-state index contributed by atoms with van der Waals surface area (Å²) in [5.74, 6) is -1.59. The standard InChI is InChI=1S/C27H25Cl2F2N2O7PS/c1-27(2,34)25-13-33(26(32-25)12-17-19(28)5-4-6-20(17)29)23-8-7-15(9-22(23)31)16-10-21(30)18(14-40-41(35,36)37)24(11-16)42(3,38)39/h4-11,13,34H,12,14H2,1-3H3,(H2,35,36,37). The molecule has 15 heteroatoms. The number of hydrogen-bond donors (Lipinski definition) is 3. The normalized spacial score (nSPS) is 12.6. The van der Waals surface area contributed by atoms with Crippen LogP contribution in [0.2, 0.25) is 10.0 Å². The first kappa shape index (κ1) is 32.2. The van der Waals surface area contributed by atoms with Gasteiger partial charge in [0.15, 0.2) is 9.84 Å². The fourth-order valence-corrected chi connectivity index (χ4v) is 5.96. The summed E-state index contributed by atoms with van der Waals surface area (Å²) in [5, 5.41) is 11.3. The molecule has 42 heavy (non-hydrogen) atoms. The number of phosphoric ester groups is 1. The molecule has 0 spiro atoms. The molecule has 0 radical (unpaired) electrons. The third kappa shape index (κ3) is 7.27.